The summed E-state index contributed by atoms with van der Waals surface area (Å²) < 4.78 is 10.8. The average molecular weight is 1140 g/mol. The number of unbranched alkanes of at least 4 members (excludes halogenated alkanes) is 62. The van der Waals surface area contributed by atoms with E-state index in [0.29, 0.717) is 12.8 Å². The Hall–Kier alpha value is -1.36. The number of hydrogen-bond donors (Lipinski definition) is 1. The predicted molar refractivity (Wildman–Crippen MR) is 358 cm³/mol. The minimum absolute atomic E-state index is 0.0560. The molecule has 0 fully saturated rings. The van der Waals surface area contributed by atoms with Gasteiger partial charge in [-0.2, -0.15) is 0 Å². The number of esters is 2. The quantitative estimate of drug-likeness (QED) is 0.0373. The van der Waals surface area contributed by atoms with E-state index in [-0.39, 0.29) is 25.2 Å². The standard InChI is InChI=1S/C76H148O5/c1-3-5-7-9-11-13-15-17-19-21-23-25-27-29-31-32-33-34-35-36-37-38-39-40-41-42-43-44-45-47-49-51-53-55-57-59-61-63-65-67-69-71-76(79)81-74(72-77)73-80-75(78)70-68-66-64-62-60-58-56-54-52-50-48-46-30-28-26-24-22-20-18-16-14-12-10-8-6-4-2/h21,23,74,77H,3-20,22,24-73H2,1-2H3/b23-21-. The van der Waals surface area contributed by atoms with Gasteiger partial charge in [0.1, 0.15) is 6.61 Å². The number of allylic oxidation sites excluding steroid dienone is 2. The van der Waals surface area contributed by atoms with Gasteiger partial charge in [-0.3, -0.25) is 9.59 Å². The van der Waals surface area contributed by atoms with Crippen LogP contribution in [-0.2, 0) is 19.1 Å². The summed E-state index contributed by atoms with van der Waals surface area (Å²) in [5, 5.41) is 9.71. The third kappa shape index (κ3) is 71.0. The lowest BCUT2D eigenvalue weighted by Crippen LogP contribution is -2.28. The summed E-state index contributed by atoms with van der Waals surface area (Å²) >= 11 is 0. The molecule has 81 heavy (non-hydrogen) atoms. The molecule has 0 radical (unpaired) electrons. The van der Waals surface area contributed by atoms with E-state index < -0.39 is 6.10 Å². The van der Waals surface area contributed by atoms with Gasteiger partial charge in [-0.05, 0) is 38.5 Å². The summed E-state index contributed by atoms with van der Waals surface area (Å²) in [6.07, 6.45) is 94.4. The third-order valence-corrected chi connectivity index (χ3v) is 17.8. The van der Waals surface area contributed by atoms with Crippen LogP contribution in [0.3, 0.4) is 0 Å². The Kier molecular flexibility index (Phi) is 71.7. The van der Waals surface area contributed by atoms with Gasteiger partial charge in [0.25, 0.3) is 0 Å². The van der Waals surface area contributed by atoms with Crippen molar-refractivity contribution >= 4 is 11.9 Å². The van der Waals surface area contributed by atoms with Crippen LogP contribution < -0.4 is 0 Å². The number of carbonyl (C=O) groups is 2. The summed E-state index contributed by atoms with van der Waals surface area (Å²) in [6.45, 7) is 4.22. The van der Waals surface area contributed by atoms with Crippen LogP contribution in [0.25, 0.3) is 0 Å². The Morgan fingerprint density at radius 1 is 0.272 bits per heavy atom. The molecule has 1 unspecified atom stereocenters. The molecule has 0 bridgehead atoms. The number of ether oxygens (including phenoxy) is 2. The molecule has 1 N–H and O–H groups in total. The van der Waals surface area contributed by atoms with Gasteiger partial charge in [0.15, 0.2) is 6.10 Å². The zero-order valence-corrected chi connectivity index (χ0v) is 55.6. The van der Waals surface area contributed by atoms with E-state index in [1.165, 1.54) is 385 Å². The molecule has 0 aromatic carbocycles. The van der Waals surface area contributed by atoms with Crippen molar-refractivity contribution < 1.29 is 24.2 Å². The van der Waals surface area contributed by atoms with Gasteiger partial charge >= 0.3 is 11.9 Å². The third-order valence-electron chi connectivity index (χ3n) is 17.8. The second-order valence-electron chi connectivity index (χ2n) is 26.1. The van der Waals surface area contributed by atoms with E-state index in [0.717, 1.165) is 32.1 Å². The lowest BCUT2D eigenvalue weighted by Gasteiger charge is -2.15. The van der Waals surface area contributed by atoms with E-state index in [1.807, 2.05) is 0 Å². The Labute approximate surface area is 509 Å². The number of aliphatic hydroxyl groups is 1. The summed E-state index contributed by atoms with van der Waals surface area (Å²) in [6, 6.07) is 0. The highest BCUT2D eigenvalue weighted by atomic mass is 16.6. The van der Waals surface area contributed by atoms with Crippen LogP contribution in [0.4, 0.5) is 0 Å². The van der Waals surface area contributed by atoms with Gasteiger partial charge in [0.2, 0.25) is 0 Å². The summed E-state index contributed by atoms with van der Waals surface area (Å²) in [4.78, 5) is 24.7. The molecule has 0 saturated heterocycles. The molecular formula is C76H148O5. The molecule has 0 amide bonds. The Bertz CT molecular complexity index is 1200. The Morgan fingerprint density at radius 3 is 0.667 bits per heavy atom. The van der Waals surface area contributed by atoms with Gasteiger partial charge in [0.05, 0.1) is 6.61 Å². The van der Waals surface area contributed by atoms with Crippen molar-refractivity contribution in [2.24, 2.45) is 0 Å². The van der Waals surface area contributed by atoms with Gasteiger partial charge in [0, 0.05) is 12.8 Å². The maximum Gasteiger partial charge on any atom is 0.306 e. The Morgan fingerprint density at radius 2 is 0.457 bits per heavy atom. The molecule has 5 heteroatoms. The van der Waals surface area contributed by atoms with E-state index in [4.69, 9.17) is 9.47 Å². The van der Waals surface area contributed by atoms with Gasteiger partial charge in [-0.15, -0.1) is 0 Å². The van der Waals surface area contributed by atoms with E-state index in [2.05, 4.69) is 26.0 Å². The lowest BCUT2D eigenvalue weighted by atomic mass is 10.0. The first kappa shape index (κ1) is 79.6. The second kappa shape index (κ2) is 72.9. The zero-order valence-electron chi connectivity index (χ0n) is 55.6. The zero-order chi connectivity index (χ0) is 58.4. The fraction of sp³-hybridized carbons (Fsp3) is 0.947. The molecule has 0 aliphatic heterocycles. The first-order valence-electron chi connectivity index (χ1n) is 37.7. The summed E-state index contributed by atoms with van der Waals surface area (Å²) in [5.41, 5.74) is 0. The highest BCUT2D eigenvalue weighted by Crippen LogP contribution is 2.20. The fourth-order valence-corrected chi connectivity index (χ4v) is 12.1. The molecule has 1 atom stereocenters. The highest BCUT2D eigenvalue weighted by Gasteiger charge is 2.16. The maximum absolute atomic E-state index is 12.4. The molecule has 0 saturated carbocycles. The molecule has 0 aromatic heterocycles. The number of carbonyl (C=O) groups excluding carboxylic acids is 2. The van der Waals surface area contributed by atoms with Crippen molar-refractivity contribution in [2.45, 2.75) is 450 Å². The molecule has 0 aromatic rings. The average Bonchev–Trinajstić information content (AvgIpc) is 3.47. The highest BCUT2D eigenvalue weighted by molar-refractivity contribution is 5.70. The minimum Gasteiger partial charge on any atom is -0.462 e. The van der Waals surface area contributed by atoms with E-state index in [1.54, 1.807) is 0 Å². The van der Waals surface area contributed by atoms with E-state index >= 15 is 0 Å². The molecular weight excluding hydrogens is 993 g/mol. The van der Waals surface area contributed by atoms with Crippen molar-refractivity contribution in [1.82, 2.24) is 0 Å². The van der Waals surface area contributed by atoms with Crippen LogP contribution in [-0.4, -0.2) is 36.4 Å². The lowest BCUT2D eigenvalue weighted by molar-refractivity contribution is -0.161. The molecule has 0 heterocycles. The van der Waals surface area contributed by atoms with Gasteiger partial charge in [-0.25, -0.2) is 0 Å². The number of rotatable bonds is 72. The van der Waals surface area contributed by atoms with Crippen LogP contribution in [0.15, 0.2) is 12.2 Å². The first-order chi connectivity index (χ1) is 40.1. The smallest absolute Gasteiger partial charge is 0.306 e. The van der Waals surface area contributed by atoms with Crippen molar-refractivity contribution in [2.75, 3.05) is 13.2 Å². The van der Waals surface area contributed by atoms with Gasteiger partial charge < -0.3 is 14.6 Å². The number of hydrogen-bond acceptors (Lipinski definition) is 5. The van der Waals surface area contributed by atoms with Crippen LogP contribution in [0, 0.1) is 0 Å². The summed E-state index contributed by atoms with van der Waals surface area (Å²) in [5.74, 6) is -0.559. The fourth-order valence-electron chi connectivity index (χ4n) is 12.1. The molecule has 5 nitrogen and oxygen atoms in total. The topological polar surface area (TPSA) is 72.8 Å². The van der Waals surface area contributed by atoms with Crippen molar-refractivity contribution in [3.8, 4) is 0 Å². The van der Waals surface area contributed by atoms with Crippen LogP contribution in [0.5, 0.6) is 0 Å². The largest absolute Gasteiger partial charge is 0.462 e. The molecule has 0 rings (SSSR count). The SMILES string of the molecule is CCCCCCCCCC/C=C\CCCCCCCCCCCCCCCCCCCCCCCCCCCCCCCC(=O)OC(CO)COC(=O)CCCCCCCCCCCCCCCCCCCCCCCCCCCC. The molecule has 0 spiro atoms. The van der Waals surface area contributed by atoms with Crippen molar-refractivity contribution in [3.05, 3.63) is 12.2 Å². The first-order valence-corrected chi connectivity index (χ1v) is 37.7. The minimum atomic E-state index is -0.767. The van der Waals surface area contributed by atoms with Gasteiger partial charge in [-0.1, -0.05) is 405 Å². The van der Waals surface area contributed by atoms with Crippen molar-refractivity contribution in [3.63, 3.8) is 0 Å². The normalized spacial score (nSPS) is 12.1. The number of aliphatic hydroxyl groups excluding tert-OH is 1. The van der Waals surface area contributed by atoms with Crippen LogP contribution in [0.2, 0.25) is 0 Å². The van der Waals surface area contributed by atoms with Crippen molar-refractivity contribution in [1.29, 1.82) is 0 Å². The Balaban J connectivity index is 3.33. The second-order valence-corrected chi connectivity index (χ2v) is 26.1. The molecule has 0 aliphatic carbocycles. The van der Waals surface area contributed by atoms with E-state index in [9.17, 15) is 14.7 Å². The molecule has 482 valence electrons. The van der Waals surface area contributed by atoms with Crippen LogP contribution >= 0.6 is 0 Å². The predicted octanol–water partition coefficient (Wildman–Crippen LogP) is 26.2. The van der Waals surface area contributed by atoms with Crippen LogP contribution in [0.1, 0.15) is 444 Å². The maximum atomic E-state index is 12.4. The monoisotopic (exact) mass is 1140 g/mol. The summed E-state index contributed by atoms with van der Waals surface area (Å²) in [7, 11) is 0. The molecule has 0 aliphatic rings.